The first-order valence-electron chi connectivity index (χ1n) is 5.72. The molecule has 22 heavy (non-hydrogen) atoms. The smallest absolute Gasteiger partial charge is 0.309 e. The number of nitrogens with zero attached hydrogens (tertiary/aromatic N) is 1. The van der Waals surface area contributed by atoms with Crippen molar-refractivity contribution in [2.45, 2.75) is 6.42 Å². The maximum Gasteiger partial charge on any atom is 0.309 e. The summed E-state index contributed by atoms with van der Waals surface area (Å²) in [4.78, 5) is 14.1. The van der Waals surface area contributed by atoms with Gasteiger partial charge in [-0.15, -0.1) is 0 Å². The number of aromatic nitrogens is 1. The van der Waals surface area contributed by atoms with Crippen molar-refractivity contribution >= 4 is 11.7 Å². The number of benzene rings is 1. The molecule has 0 fully saturated rings. The van der Waals surface area contributed by atoms with E-state index in [0.717, 1.165) is 12.3 Å². The standard InChI is InChI=1S/C13H7F5N2O2/c14-9-8(10(15)12(17)13(18)11(9)16)4-1-5(19)6(20-3-4)2-7(21)22/h1,3H,2,19H2,(H,21,22). The van der Waals surface area contributed by atoms with E-state index in [1.807, 2.05) is 0 Å². The van der Waals surface area contributed by atoms with Crippen molar-refractivity contribution in [1.29, 1.82) is 0 Å². The summed E-state index contributed by atoms with van der Waals surface area (Å²) in [7, 11) is 0. The molecular weight excluding hydrogens is 311 g/mol. The maximum absolute atomic E-state index is 13.6. The fourth-order valence-corrected chi connectivity index (χ4v) is 1.80. The van der Waals surface area contributed by atoms with Crippen LogP contribution in [0.5, 0.6) is 0 Å². The summed E-state index contributed by atoms with van der Waals surface area (Å²) in [6.45, 7) is 0. The van der Waals surface area contributed by atoms with Gasteiger partial charge in [-0.3, -0.25) is 9.78 Å². The molecule has 1 aromatic heterocycles. The second-order valence-electron chi connectivity index (χ2n) is 4.28. The highest BCUT2D eigenvalue weighted by atomic mass is 19.2. The Labute approximate surface area is 120 Å². The van der Waals surface area contributed by atoms with Crippen molar-refractivity contribution in [3.8, 4) is 11.1 Å². The topological polar surface area (TPSA) is 76.2 Å². The number of halogens is 5. The van der Waals surface area contributed by atoms with Gasteiger partial charge in [0.05, 0.1) is 23.4 Å². The molecule has 0 aliphatic heterocycles. The van der Waals surface area contributed by atoms with Gasteiger partial charge in [-0.25, -0.2) is 22.0 Å². The number of carboxylic acids is 1. The number of nitrogen functional groups attached to an aromatic ring is 1. The molecule has 0 amide bonds. The van der Waals surface area contributed by atoms with Crippen molar-refractivity contribution in [2.24, 2.45) is 0 Å². The van der Waals surface area contributed by atoms with Crippen LogP contribution in [-0.2, 0) is 11.2 Å². The van der Waals surface area contributed by atoms with E-state index in [-0.39, 0.29) is 11.4 Å². The number of carboxylic acid groups (broad SMARTS) is 1. The third kappa shape index (κ3) is 2.57. The van der Waals surface area contributed by atoms with E-state index in [0.29, 0.717) is 0 Å². The molecule has 0 unspecified atom stereocenters. The highest BCUT2D eigenvalue weighted by molar-refractivity contribution is 5.74. The summed E-state index contributed by atoms with van der Waals surface area (Å²) in [5, 5.41) is 8.61. The van der Waals surface area contributed by atoms with Crippen molar-refractivity contribution in [3.05, 3.63) is 47.0 Å². The van der Waals surface area contributed by atoms with Gasteiger partial charge in [-0.1, -0.05) is 0 Å². The Morgan fingerprint density at radius 2 is 1.55 bits per heavy atom. The minimum Gasteiger partial charge on any atom is -0.481 e. The molecule has 1 aromatic carbocycles. The second kappa shape index (κ2) is 5.58. The zero-order valence-corrected chi connectivity index (χ0v) is 10.6. The van der Waals surface area contributed by atoms with E-state index >= 15 is 0 Å². The van der Waals surface area contributed by atoms with Gasteiger partial charge in [0.2, 0.25) is 5.82 Å². The molecular formula is C13H7F5N2O2. The first-order valence-corrected chi connectivity index (χ1v) is 5.72. The second-order valence-corrected chi connectivity index (χ2v) is 4.28. The first-order chi connectivity index (χ1) is 10.2. The van der Waals surface area contributed by atoms with Crippen molar-refractivity contribution in [2.75, 3.05) is 5.73 Å². The number of rotatable bonds is 3. The zero-order chi connectivity index (χ0) is 16.6. The number of pyridine rings is 1. The molecule has 0 saturated carbocycles. The highest BCUT2D eigenvalue weighted by Crippen LogP contribution is 2.32. The summed E-state index contributed by atoms with van der Waals surface area (Å²) >= 11 is 0. The SMILES string of the molecule is Nc1cc(-c2c(F)c(F)c(F)c(F)c2F)cnc1CC(=O)O. The van der Waals surface area contributed by atoms with Gasteiger partial charge in [0.15, 0.2) is 23.3 Å². The summed E-state index contributed by atoms with van der Waals surface area (Å²) < 4.78 is 66.6. The quantitative estimate of drug-likeness (QED) is 0.518. The Kier molecular flexibility index (Phi) is 3.98. The van der Waals surface area contributed by atoms with Crippen LogP contribution in [0.3, 0.4) is 0 Å². The Balaban J connectivity index is 2.63. The third-order valence-corrected chi connectivity index (χ3v) is 2.82. The van der Waals surface area contributed by atoms with Crippen LogP contribution < -0.4 is 5.73 Å². The van der Waals surface area contributed by atoms with E-state index in [9.17, 15) is 26.7 Å². The van der Waals surface area contributed by atoms with Gasteiger partial charge in [-0.05, 0) is 6.07 Å². The van der Waals surface area contributed by atoms with Crippen LogP contribution in [0.1, 0.15) is 5.69 Å². The van der Waals surface area contributed by atoms with Crippen LogP contribution in [0.15, 0.2) is 12.3 Å². The van der Waals surface area contributed by atoms with Gasteiger partial charge in [0, 0.05) is 11.8 Å². The van der Waals surface area contributed by atoms with Crippen molar-refractivity contribution in [1.82, 2.24) is 4.98 Å². The number of carbonyl (C=O) groups is 1. The van der Waals surface area contributed by atoms with Gasteiger partial charge >= 0.3 is 5.97 Å². The first kappa shape index (κ1) is 15.7. The summed E-state index contributed by atoms with van der Waals surface area (Å²) in [6.07, 6.45) is 0.232. The predicted molar refractivity (Wildman–Crippen MR) is 65.2 cm³/mol. The van der Waals surface area contributed by atoms with Gasteiger partial charge < -0.3 is 10.8 Å². The lowest BCUT2D eigenvalue weighted by molar-refractivity contribution is -0.136. The van der Waals surface area contributed by atoms with E-state index in [2.05, 4.69) is 4.98 Å². The van der Waals surface area contributed by atoms with E-state index in [4.69, 9.17) is 10.8 Å². The molecule has 4 nitrogen and oxygen atoms in total. The number of anilines is 1. The molecule has 2 rings (SSSR count). The average Bonchev–Trinajstić information content (AvgIpc) is 2.45. The molecule has 3 N–H and O–H groups in total. The number of aliphatic carboxylic acids is 1. The lowest BCUT2D eigenvalue weighted by Crippen LogP contribution is -2.08. The maximum atomic E-state index is 13.6. The minimum atomic E-state index is -2.28. The summed E-state index contributed by atoms with van der Waals surface area (Å²) in [5.74, 6) is -11.8. The summed E-state index contributed by atoms with van der Waals surface area (Å²) in [6, 6.07) is 0.892. The van der Waals surface area contributed by atoms with Gasteiger partial charge in [0.1, 0.15) is 0 Å². The van der Waals surface area contributed by atoms with E-state index in [1.165, 1.54) is 0 Å². The van der Waals surface area contributed by atoms with Crippen molar-refractivity contribution < 1.29 is 31.9 Å². The van der Waals surface area contributed by atoms with Crippen LogP contribution in [0, 0.1) is 29.1 Å². The van der Waals surface area contributed by atoms with Gasteiger partial charge in [0.25, 0.3) is 0 Å². The molecule has 0 aliphatic carbocycles. The Hall–Kier alpha value is -2.71. The fraction of sp³-hybridized carbons (Fsp3) is 0.0769. The molecule has 0 saturated heterocycles. The van der Waals surface area contributed by atoms with Crippen LogP contribution in [0.2, 0.25) is 0 Å². The lowest BCUT2D eigenvalue weighted by Gasteiger charge is -2.10. The largest absolute Gasteiger partial charge is 0.481 e. The number of nitrogens with two attached hydrogens (primary N) is 1. The molecule has 1 heterocycles. The number of hydrogen-bond donors (Lipinski definition) is 2. The molecule has 0 radical (unpaired) electrons. The third-order valence-electron chi connectivity index (χ3n) is 2.82. The fourth-order valence-electron chi connectivity index (χ4n) is 1.80. The molecule has 0 aliphatic rings. The van der Waals surface area contributed by atoms with Crippen LogP contribution in [0.25, 0.3) is 11.1 Å². The molecule has 9 heteroatoms. The predicted octanol–water partition coefficient (Wildman–Crippen LogP) is 2.65. The lowest BCUT2D eigenvalue weighted by atomic mass is 10.0. The van der Waals surface area contributed by atoms with E-state index in [1.54, 1.807) is 0 Å². The molecule has 0 atom stereocenters. The molecule has 0 bridgehead atoms. The van der Waals surface area contributed by atoms with Crippen LogP contribution in [-0.4, -0.2) is 16.1 Å². The Morgan fingerprint density at radius 3 is 2.00 bits per heavy atom. The molecule has 116 valence electrons. The normalized spacial score (nSPS) is 10.8. The average molecular weight is 318 g/mol. The van der Waals surface area contributed by atoms with E-state index < -0.39 is 52.6 Å². The highest BCUT2D eigenvalue weighted by Gasteiger charge is 2.27. The monoisotopic (exact) mass is 318 g/mol. The zero-order valence-electron chi connectivity index (χ0n) is 10.6. The Morgan fingerprint density at radius 1 is 1.05 bits per heavy atom. The summed E-state index contributed by atoms with van der Waals surface area (Å²) in [5.41, 5.74) is 3.50. The number of hydrogen-bond acceptors (Lipinski definition) is 3. The van der Waals surface area contributed by atoms with Gasteiger partial charge in [-0.2, -0.15) is 0 Å². The van der Waals surface area contributed by atoms with Crippen molar-refractivity contribution in [3.63, 3.8) is 0 Å². The van der Waals surface area contributed by atoms with Crippen LogP contribution >= 0.6 is 0 Å². The minimum absolute atomic E-state index is 0.0971. The molecule has 2 aromatic rings. The Bertz CT molecular complexity index is 751. The molecule has 0 spiro atoms. The van der Waals surface area contributed by atoms with Crippen LogP contribution in [0.4, 0.5) is 27.6 Å².